The van der Waals surface area contributed by atoms with Gasteiger partial charge in [-0.3, -0.25) is 14.7 Å². The minimum absolute atomic E-state index is 0.00353. The lowest BCUT2D eigenvalue weighted by atomic mass is 9.78. The summed E-state index contributed by atoms with van der Waals surface area (Å²) in [5, 5.41) is 12.6. The van der Waals surface area contributed by atoms with Gasteiger partial charge in [0.05, 0.1) is 17.1 Å². The van der Waals surface area contributed by atoms with Gasteiger partial charge in [0.1, 0.15) is 5.69 Å². The minimum atomic E-state index is -0.537. The van der Waals surface area contributed by atoms with Crippen LogP contribution in [0.15, 0.2) is 11.4 Å². The number of carbonyl (C=O) groups is 2. The molecule has 0 aromatic carbocycles. The summed E-state index contributed by atoms with van der Waals surface area (Å²) in [6.45, 7) is 1.92. The third-order valence-electron chi connectivity index (χ3n) is 3.80. The number of H-pyrrole nitrogens is 1. The normalized spacial score (nSPS) is 20.4. The number of nitrogens with zero attached hydrogens (tertiary/aromatic N) is 2. The van der Waals surface area contributed by atoms with Gasteiger partial charge in [0, 0.05) is 23.0 Å². The van der Waals surface area contributed by atoms with Gasteiger partial charge in [-0.1, -0.05) is 0 Å². The summed E-state index contributed by atoms with van der Waals surface area (Å²) >= 11 is 1.55. The molecule has 7 nitrogen and oxygen atoms in total. The molecule has 2 heterocycles. The Hall–Kier alpha value is -2.22. The molecule has 0 radical (unpaired) electrons. The molecule has 1 fully saturated rings. The molecule has 1 aliphatic carbocycles. The van der Waals surface area contributed by atoms with Crippen LogP contribution in [0.3, 0.4) is 0 Å². The zero-order valence-corrected chi connectivity index (χ0v) is 12.9. The number of carbonyl (C=O) groups excluding carboxylic acids is 2. The van der Waals surface area contributed by atoms with Crippen molar-refractivity contribution >= 4 is 23.2 Å². The quantitative estimate of drug-likeness (QED) is 0.759. The van der Waals surface area contributed by atoms with Gasteiger partial charge in [-0.25, -0.2) is 4.98 Å². The third kappa shape index (κ3) is 3.16. The van der Waals surface area contributed by atoms with Crippen molar-refractivity contribution in [3.63, 3.8) is 0 Å². The number of hydrogen-bond acceptors (Lipinski definition) is 5. The maximum Gasteiger partial charge on any atom is 0.269 e. The molecule has 0 bridgehead atoms. The van der Waals surface area contributed by atoms with Crippen LogP contribution in [0, 0.1) is 6.92 Å². The number of nitrogens with two attached hydrogens (primary N) is 1. The molecular formula is C14H17N5O2S. The molecule has 22 heavy (non-hydrogen) atoms. The van der Waals surface area contributed by atoms with Crippen molar-refractivity contribution in [1.29, 1.82) is 0 Å². The van der Waals surface area contributed by atoms with Crippen LogP contribution in [0.4, 0.5) is 0 Å². The van der Waals surface area contributed by atoms with Crippen molar-refractivity contribution in [2.75, 3.05) is 0 Å². The fourth-order valence-electron chi connectivity index (χ4n) is 2.59. The fourth-order valence-corrected chi connectivity index (χ4v) is 3.21. The Kier molecular flexibility index (Phi) is 3.93. The van der Waals surface area contributed by atoms with E-state index in [0.29, 0.717) is 6.42 Å². The van der Waals surface area contributed by atoms with E-state index in [-0.39, 0.29) is 23.6 Å². The Balaban J connectivity index is 1.46. The smallest absolute Gasteiger partial charge is 0.269 e. The standard InChI is InChI=1S/C14H17N5O2S/c1-7-16-10(6-22-7)4-13(20)17-9-2-8(3-9)11-5-12(14(15)21)19-18-11/h5-6,8-9H,2-4H2,1H3,(H2,15,21)(H,17,20)(H,18,19). The summed E-state index contributed by atoms with van der Waals surface area (Å²) in [5.41, 5.74) is 7.14. The van der Waals surface area contributed by atoms with Crippen LogP contribution in [-0.4, -0.2) is 33.0 Å². The van der Waals surface area contributed by atoms with Crippen molar-refractivity contribution in [2.24, 2.45) is 5.73 Å². The van der Waals surface area contributed by atoms with Crippen LogP contribution < -0.4 is 11.1 Å². The van der Waals surface area contributed by atoms with E-state index in [1.54, 1.807) is 17.4 Å². The Morgan fingerprint density at radius 2 is 2.27 bits per heavy atom. The van der Waals surface area contributed by atoms with Gasteiger partial charge in [0.25, 0.3) is 5.91 Å². The molecule has 8 heteroatoms. The zero-order valence-electron chi connectivity index (χ0n) is 12.1. The first-order valence-corrected chi connectivity index (χ1v) is 7.94. The lowest BCUT2D eigenvalue weighted by Gasteiger charge is -2.35. The maximum absolute atomic E-state index is 11.9. The Morgan fingerprint density at radius 1 is 1.50 bits per heavy atom. The van der Waals surface area contributed by atoms with Crippen molar-refractivity contribution in [3.8, 4) is 0 Å². The van der Waals surface area contributed by atoms with E-state index in [2.05, 4.69) is 20.5 Å². The number of rotatable bonds is 5. The van der Waals surface area contributed by atoms with Crippen LogP contribution in [0.1, 0.15) is 45.6 Å². The minimum Gasteiger partial charge on any atom is -0.364 e. The molecule has 0 aliphatic heterocycles. The first-order chi connectivity index (χ1) is 10.5. The molecule has 2 aromatic rings. The SMILES string of the molecule is Cc1nc(CC(=O)NC2CC(c3cc(C(N)=O)n[nH]3)C2)cs1. The molecule has 0 saturated heterocycles. The number of hydrogen-bond donors (Lipinski definition) is 3. The van der Waals surface area contributed by atoms with E-state index in [4.69, 9.17) is 5.73 Å². The fraction of sp³-hybridized carbons (Fsp3) is 0.429. The number of aromatic nitrogens is 3. The Bertz CT molecular complexity index is 702. The van der Waals surface area contributed by atoms with Crippen LogP contribution in [0.2, 0.25) is 0 Å². The highest BCUT2D eigenvalue weighted by Crippen LogP contribution is 2.36. The molecule has 3 rings (SSSR count). The van der Waals surface area contributed by atoms with Crippen LogP contribution in [-0.2, 0) is 11.2 Å². The lowest BCUT2D eigenvalue weighted by Crippen LogP contribution is -2.44. The van der Waals surface area contributed by atoms with E-state index in [1.807, 2.05) is 12.3 Å². The van der Waals surface area contributed by atoms with Gasteiger partial charge < -0.3 is 11.1 Å². The average molecular weight is 319 g/mol. The number of primary amides is 1. The first kappa shape index (κ1) is 14.7. The van der Waals surface area contributed by atoms with Crippen molar-refractivity contribution in [3.05, 3.63) is 33.5 Å². The highest BCUT2D eigenvalue weighted by molar-refractivity contribution is 7.09. The molecule has 4 N–H and O–H groups in total. The van der Waals surface area contributed by atoms with Crippen LogP contribution >= 0.6 is 11.3 Å². The second-order valence-corrected chi connectivity index (χ2v) is 6.60. The second kappa shape index (κ2) is 5.88. The first-order valence-electron chi connectivity index (χ1n) is 7.06. The van der Waals surface area contributed by atoms with Gasteiger partial charge in [0.15, 0.2) is 0 Å². The molecule has 2 aromatic heterocycles. The van der Waals surface area contributed by atoms with Gasteiger partial charge in [-0.2, -0.15) is 5.10 Å². The van der Waals surface area contributed by atoms with Gasteiger partial charge >= 0.3 is 0 Å². The van der Waals surface area contributed by atoms with E-state index in [9.17, 15) is 9.59 Å². The number of nitrogens with one attached hydrogen (secondary N) is 2. The largest absolute Gasteiger partial charge is 0.364 e. The lowest BCUT2D eigenvalue weighted by molar-refractivity contribution is -0.121. The third-order valence-corrected chi connectivity index (χ3v) is 4.62. The van der Waals surface area contributed by atoms with Crippen LogP contribution in [0.5, 0.6) is 0 Å². The molecule has 0 unspecified atom stereocenters. The highest BCUT2D eigenvalue weighted by atomic mass is 32.1. The Morgan fingerprint density at radius 3 is 2.86 bits per heavy atom. The van der Waals surface area contributed by atoms with Crippen molar-refractivity contribution in [1.82, 2.24) is 20.5 Å². The summed E-state index contributed by atoms with van der Waals surface area (Å²) in [7, 11) is 0. The maximum atomic E-state index is 11.9. The van der Waals surface area contributed by atoms with E-state index in [0.717, 1.165) is 29.2 Å². The number of aromatic amines is 1. The highest BCUT2D eigenvalue weighted by Gasteiger charge is 2.32. The summed E-state index contributed by atoms with van der Waals surface area (Å²) in [4.78, 5) is 27.2. The monoisotopic (exact) mass is 319 g/mol. The van der Waals surface area contributed by atoms with E-state index < -0.39 is 5.91 Å². The van der Waals surface area contributed by atoms with Crippen LogP contribution in [0.25, 0.3) is 0 Å². The summed E-state index contributed by atoms with van der Waals surface area (Å²) < 4.78 is 0. The Labute approximate surface area is 131 Å². The molecule has 116 valence electrons. The molecule has 1 saturated carbocycles. The number of amides is 2. The number of aryl methyl sites for hydroxylation is 1. The van der Waals surface area contributed by atoms with E-state index >= 15 is 0 Å². The van der Waals surface area contributed by atoms with Crippen molar-refractivity contribution < 1.29 is 9.59 Å². The van der Waals surface area contributed by atoms with Gasteiger partial charge in [0.2, 0.25) is 5.91 Å². The summed E-state index contributed by atoms with van der Waals surface area (Å²) in [6, 6.07) is 1.85. The topological polar surface area (TPSA) is 114 Å². The van der Waals surface area contributed by atoms with Crippen molar-refractivity contribution in [2.45, 2.75) is 38.1 Å². The zero-order chi connectivity index (χ0) is 15.7. The molecular weight excluding hydrogens is 302 g/mol. The summed E-state index contributed by atoms with van der Waals surface area (Å²) in [5.74, 6) is -0.256. The molecule has 0 atom stereocenters. The molecule has 1 aliphatic rings. The summed E-state index contributed by atoms with van der Waals surface area (Å²) in [6.07, 6.45) is 1.99. The van der Waals surface area contributed by atoms with Gasteiger partial charge in [-0.05, 0) is 25.8 Å². The molecule has 2 amide bonds. The number of thiazole rings is 1. The van der Waals surface area contributed by atoms with E-state index in [1.165, 1.54) is 0 Å². The second-order valence-electron chi connectivity index (χ2n) is 5.54. The predicted molar refractivity (Wildman–Crippen MR) is 81.6 cm³/mol. The van der Waals surface area contributed by atoms with Gasteiger partial charge in [-0.15, -0.1) is 11.3 Å². The predicted octanol–water partition coefficient (Wildman–Crippen LogP) is 0.878. The average Bonchev–Trinajstić information content (AvgIpc) is 3.02. The molecule has 0 spiro atoms.